The Morgan fingerprint density at radius 2 is 1.14 bits per heavy atom. The van der Waals surface area contributed by atoms with Crippen LogP contribution in [0, 0.1) is 23.7 Å². The molecule has 0 atom stereocenters. The van der Waals surface area contributed by atoms with Gasteiger partial charge in [0.2, 0.25) is 0 Å². The normalized spacial score (nSPS) is 37.6. The Balaban J connectivity index is 1.60. The molecule has 122 valence electrons. The van der Waals surface area contributed by atoms with Gasteiger partial charge in [-0.15, -0.1) is 7.92 Å². The predicted molar refractivity (Wildman–Crippen MR) is 96.5 cm³/mol. The zero-order valence-corrected chi connectivity index (χ0v) is 15.4. The van der Waals surface area contributed by atoms with Crippen LogP contribution in [0.4, 0.5) is 0 Å². The first-order chi connectivity index (χ1) is 10.3. The van der Waals surface area contributed by atoms with Crippen LogP contribution in [-0.4, -0.2) is 18.0 Å². The third-order valence-electron chi connectivity index (χ3n) is 6.70. The highest BCUT2D eigenvalue weighted by Crippen LogP contribution is 2.63. The summed E-state index contributed by atoms with van der Waals surface area (Å²) in [6.45, 7) is 4.73. The van der Waals surface area contributed by atoms with E-state index in [1.165, 1.54) is 56.0 Å². The molecule has 4 bridgehead atoms. The van der Waals surface area contributed by atoms with Crippen molar-refractivity contribution in [2.24, 2.45) is 23.7 Å². The highest BCUT2D eigenvalue weighted by molar-refractivity contribution is 7.58. The number of unbranched alkanes of at least 4 members (excludes halogenated alkanes) is 4. The molecule has 4 aliphatic rings. The third kappa shape index (κ3) is 3.85. The Kier molecular flexibility index (Phi) is 6.06. The maximum Gasteiger partial charge on any atom is -0.0152 e. The number of hydrogen-bond donors (Lipinski definition) is 0. The Morgan fingerprint density at radius 1 is 0.667 bits per heavy atom. The first-order valence-electron chi connectivity index (χ1n) is 10.1. The molecular formula is C20H37P. The fraction of sp³-hybridized carbons (Fsp3) is 1.00. The molecule has 0 amide bonds. The van der Waals surface area contributed by atoms with Crippen molar-refractivity contribution >= 4 is 7.92 Å². The van der Waals surface area contributed by atoms with Crippen LogP contribution in [0.5, 0.6) is 0 Å². The Labute approximate surface area is 134 Å². The standard InChI is InChI=1S/C20H37P/c1-3-5-7-9-21(10-8-6-4-2)20-18-12-16-11-17(14-18)15-19(20)13-16/h16-20H,3-15H2,1-2H3. The second-order valence-corrected chi connectivity index (χ2v) is 11.0. The van der Waals surface area contributed by atoms with E-state index in [-0.39, 0.29) is 0 Å². The molecule has 21 heavy (non-hydrogen) atoms. The zero-order chi connectivity index (χ0) is 14.7. The van der Waals surface area contributed by atoms with Crippen LogP contribution in [0.2, 0.25) is 0 Å². The molecule has 0 spiro atoms. The largest absolute Gasteiger partial charge is 0.103 e. The topological polar surface area (TPSA) is 0 Å². The highest BCUT2D eigenvalue weighted by atomic mass is 31.1. The highest BCUT2D eigenvalue weighted by Gasteiger charge is 2.49. The summed E-state index contributed by atoms with van der Waals surface area (Å²) in [6, 6.07) is 0. The molecule has 0 aromatic carbocycles. The van der Waals surface area contributed by atoms with Gasteiger partial charge in [0.05, 0.1) is 0 Å². The average molecular weight is 308 g/mol. The minimum absolute atomic E-state index is 0.366. The van der Waals surface area contributed by atoms with E-state index in [0.717, 1.165) is 11.8 Å². The van der Waals surface area contributed by atoms with Gasteiger partial charge < -0.3 is 0 Å². The fourth-order valence-corrected chi connectivity index (χ4v) is 9.79. The second-order valence-electron chi connectivity index (χ2n) is 8.37. The molecule has 0 radical (unpaired) electrons. The predicted octanol–water partition coefficient (Wildman–Crippen LogP) is 6.67. The van der Waals surface area contributed by atoms with Crippen molar-refractivity contribution in [3.63, 3.8) is 0 Å². The van der Waals surface area contributed by atoms with Gasteiger partial charge in [-0.25, -0.2) is 0 Å². The number of hydrogen-bond acceptors (Lipinski definition) is 0. The Morgan fingerprint density at radius 3 is 1.57 bits per heavy atom. The van der Waals surface area contributed by atoms with E-state index in [1.54, 1.807) is 44.4 Å². The minimum Gasteiger partial charge on any atom is -0.103 e. The third-order valence-corrected chi connectivity index (χ3v) is 10.2. The Bertz CT molecular complexity index is 273. The maximum absolute atomic E-state index is 2.36. The quantitative estimate of drug-likeness (QED) is 0.329. The van der Waals surface area contributed by atoms with Gasteiger partial charge in [-0.1, -0.05) is 39.5 Å². The smallest absolute Gasteiger partial charge is 0.0152 e. The van der Waals surface area contributed by atoms with Gasteiger partial charge >= 0.3 is 0 Å². The molecule has 0 N–H and O–H groups in total. The van der Waals surface area contributed by atoms with Crippen molar-refractivity contribution in [2.75, 3.05) is 12.3 Å². The lowest BCUT2D eigenvalue weighted by Crippen LogP contribution is -2.47. The van der Waals surface area contributed by atoms with E-state index < -0.39 is 0 Å². The first kappa shape index (κ1) is 16.3. The van der Waals surface area contributed by atoms with Crippen molar-refractivity contribution < 1.29 is 0 Å². The molecule has 0 aromatic heterocycles. The van der Waals surface area contributed by atoms with E-state index in [2.05, 4.69) is 13.8 Å². The van der Waals surface area contributed by atoms with Crippen LogP contribution >= 0.6 is 7.92 Å². The van der Waals surface area contributed by atoms with E-state index in [4.69, 9.17) is 0 Å². The molecule has 0 aliphatic heterocycles. The summed E-state index contributed by atoms with van der Waals surface area (Å²) in [4.78, 5) is 0. The SMILES string of the molecule is CCCCCP(CCCCC)C1C2CC3CC(C2)CC1C3. The lowest BCUT2D eigenvalue weighted by Gasteiger charge is -2.56. The van der Waals surface area contributed by atoms with E-state index in [0.29, 0.717) is 7.92 Å². The van der Waals surface area contributed by atoms with E-state index in [9.17, 15) is 0 Å². The van der Waals surface area contributed by atoms with Crippen LogP contribution in [0.25, 0.3) is 0 Å². The summed E-state index contributed by atoms with van der Waals surface area (Å²) >= 11 is 0. The summed E-state index contributed by atoms with van der Waals surface area (Å²) in [5, 5.41) is 0. The van der Waals surface area contributed by atoms with Crippen molar-refractivity contribution in [3.05, 3.63) is 0 Å². The maximum atomic E-state index is 2.36. The van der Waals surface area contributed by atoms with Gasteiger partial charge in [-0.3, -0.25) is 0 Å². The molecule has 4 rings (SSSR count). The van der Waals surface area contributed by atoms with Gasteiger partial charge in [0.1, 0.15) is 0 Å². The average Bonchev–Trinajstić information content (AvgIpc) is 2.46. The minimum atomic E-state index is 0.366. The molecule has 4 saturated carbocycles. The van der Waals surface area contributed by atoms with Crippen LogP contribution in [0.15, 0.2) is 0 Å². The van der Waals surface area contributed by atoms with Crippen LogP contribution in [-0.2, 0) is 0 Å². The van der Waals surface area contributed by atoms with E-state index in [1.807, 2.05) is 0 Å². The summed E-state index contributed by atoms with van der Waals surface area (Å²) in [5.41, 5.74) is 1.21. The van der Waals surface area contributed by atoms with Crippen LogP contribution < -0.4 is 0 Å². The Hall–Kier alpha value is 0.430. The van der Waals surface area contributed by atoms with Gasteiger partial charge in [0.25, 0.3) is 0 Å². The number of rotatable bonds is 9. The van der Waals surface area contributed by atoms with Crippen LogP contribution in [0.1, 0.15) is 84.5 Å². The molecule has 0 nitrogen and oxygen atoms in total. The van der Waals surface area contributed by atoms with Crippen molar-refractivity contribution in [1.82, 2.24) is 0 Å². The van der Waals surface area contributed by atoms with Gasteiger partial charge in [0, 0.05) is 0 Å². The molecule has 4 aliphatic carbocycles. The molecule has 4 fully saturated rings. The van der Waals surface area contributed by atoms with Gasteiger partial charge in [-0.2, -0.15) is 0 Å². The second kappa shape index (κ2) is 7.81. The molecule has 0 aromatic rings. The van der Waals surface area contributed by atoms with Crippen molar-refractivity contribution in [1.29, 1.82) is 0 Å². The molecular weight excluding hydrogens is 271 g/mol. The summed E-state index contributed by atoms with van der Waals surface area (Å²) < 4.78 is 0. The van der Waals surface area contributed by atoms with Gasteiger partial charge in [0.15, 0.2) is 0 Å². The lowest BCUT2D eigenvalue weighted by molar-refractivity contribution is 0.0247. The first-order valence-corrected chi connectivity index (χ1v) is 11.8. The van der Waals surface area contributed by atoms with Gasteiger partial charge in [-0.05, 0) is 86.6 Å². The molecule has 0 heterocycles. The molecule has 0 saturated heterocycles. The van der Waals surface area contributed by atoms with E-state index >= 15 is 0 Å². The molecule has 1 heteroatoms. The fourth-order valence-electron chi connectivity index (χ4n) is 6.03. The summed E-state index contributed by atoms with van der Waals surface area (Å²) in [6.07, 6.45) is 20.3. The van der Waals surface area contributed by atoms with Crippen molar-refractivity contribution in [2.45, 2.75) is 90.1 Å². The summed E-state index contributed by atoms with van der Waals surface area (Å²) in [7, 11) is 0.366. The molecule has 0 unspecified atom stereocenters. The lowest BCUT2D eigenvalue weighted by atomic mass is 9.56. The monoisotopic (exact) mass is 308 g/mol. The summed E-state index contributed by atoms with van der Waals surface area (Å²) in [5.74, 6) is 4.67. The van der Waals surface area contributed by atoms with Crippen molar-refractivity contribution in [3.8, 4) is 0 Å². The zero-order valence-electron chi connectivity index (χ0n) is 14.5. The van der Waals surface area contributed by atoms with Crippen LogP contribution in [0.3, 0.4) is 0 Å².